The molecule has 0 fully saturated rings. The smallest absolute Gasteiger partial charge is 0.0721 e. The third kappa shape index (κ3) is 5.77. The number of rotatable bonds is 9. The summed E-state index contributed by atoms with van der Waals surface area (Å²) in [7, 11) is 0. The van der Waals surface area contributed by atoms with Crippen molar-refractivity contribution in [1.29, 1.82) is 0 Å². The van der Waals surface area contributed by atoms with Crippen LogP contribution in [-0.2, 0) is 11.3 Å². The van der Waals surface area contributed by atoms with Crippen molar-refractivity contribution in [2.75, 3.05) is 19.8 Å². The molecule has 0 amide bonds. The number of nitrogens with one attached hydrogen (secondary N) is 1. The summed E-state index contributed by atoms with van der Waals surface area (Å²) in [6.45, 7) is 9.31. The highest BCUT2D eigenvalue weighted by Crippen LogP contribution is 2.02. The van der Waals surface area contributed by atoms with Crippen LogP contribution in [0.5, 0.6) is 0 Å². The summed E-state index contributed by atoms with van der Waals surface area (Å²) in [4.78, 5) is 0. The Labute approximate surface area is 109 Å². The summed E-state index contributed by atoms with van der Waals surface area (Å²) in [5.41, 5.74) is 2.10. The normalized spacial score (nSPS) is 12.1. The Morgan fingerprint density at radius 1 is 1.39 bits per heavy atom. The zero-order chi connectivity index (χ0) is 13.2. The molecule has 3 nitrogen and oxygen atoms in total. The first kappa shape index (κ1) is 14.6. The lowest BCUT2D eigenvalue weighted by Gasteiger charge is -2.13. The molecule has 0 aliphatic rings. The lowest BCUT2D eigenvalue weighted by atomic mass is 10.2. The van der Waals surface area contributed by atoms with Crippen LogP contribution in [0.25, 0.3) is 0 Å². The highest BCUT2D eigenvalue weighted by Gasteiger charge is 2.02. The highest BCUT2D eigenvalue weighted by molar-refractivity contribution is 5.13. The minimum absolute atomic E-state index is 0.0433. The summed E-state index contributed by atoms with van der Waals surface area (Å²) in [5.74, 6) is 0. The highest BCUT2D eigenvalue weighted by atomic mass is 16.5. The van der Waals surface area contributed by atoms with Crippen molar-refractivity contribution in [3.63, 3.8) is 0 Å². The zero-order valence-corrected chi connectivity index (χ0v) is 10.6. The third-order valence-corrected chi connectivity index (χ3v) is 2.51. The topological polar surface area (TPSA) is 41.5 Å². The number of ether oxygens (including phenoxy) is 1. The molecule has 18 heavy (non-hydrogen) atoms. The lowest BCUT2D eigenvalue weighted by molar-refractivity contribution is 0.141. The third-order valence-electron chi connectivity index (χ3n) is 2.51. The van der Waals surface area contributed by atoms with Crippen LogP contribution in [-0.4, -0.2) is 30.9 Å². The molecule has 2 N–H and O–H groups in total. The van der Waals surface area contributed by atoms with E-state index in [0.717, 1.165) is 11.1 Å². The van der Waals surface area contributed by atoms with Gasteiger partial charge in [-0.2, -0.15) is 0 Å². The summed E-state index contributed by atoms with van der Waals surface area (Å²) >= 11 is 0. The average Bonchev–Trinajstić information content (AvgIpc) is 2.41. The van der Waals surface area contributed by atoms with E-state index in [1.807, 2.05) is 30.3 Å². The van der Waals surface area contributed by atoms with Gasteiger partial charge in [0.2, 0.25) is 0 Å². The van der Waals surface area contributed by atoms with Gasteiger partial charge in [-0.3, -0.25) is 0 Å². The van der Waals surface area contributed by atoms with Crippen molar-refractivity contribution >= 4 is 0 Å². The first-order chi connectivity index (χ1) is 8.76. The minimum Gasteiger partial charge on any atom is -0.394 e. The number of aliphatic hydroxyl groups is 1. The molecular weight excluding hydrogens is 226 g/mol. The molecule has 0 saturated carbocycles. The molecule has 1 aromatic rings. The van der Waals surface area contributed by atoms with Crippen molar-refractivity contribution in [1.82, 2.24) is 5.32 Å². The van der Waals surface area contributed by atoms with Crippen LogP contribution >= 0.6 is 0 Å². The van der Waals surface area contributed by atoms with Gasteiger partial charge in [0, 0.05) is 12.6 Å². The second kappa shape index (κ2) is 8.64. The van der Waals surface area contributed by atoms with Crippen molar-refractivity contribution in [2.45, 2.75) is 12.6 Å². The van der Waals surface area contributed by atoms with E-state index in [1.165, 1.54) is 0 Å². The van der Waals surface area contributed by atoms with Crippen LogP contribution in [0.1, 0.15) is 5.56 Å². The predicted molar refractivity (Wildman–Crippen MR) is 74.3 cm³/mol. The van der Waals surface area contributed by atoms with E-state index in [0.29, 0.717) is 19.8 Å². The van der Waals surface area contributed by atoms with Crippen LogP contribution in [0, 0.1) is 0 Å². The second-order valence-corrected chi connectivity index (χ2v) is 4.13. The summed E-state index contributed by atoms with van der Waals surface area (Å²) in [5, 5.41) is 12.1. The molecule has 1 rings (SSSR count). The SMILES string of the molecule is C=C[C@H](CO)NCC(=C)COCc1ccccc1. The maximum Gasteiger partial charge on any atom is 0.0721 e. The van der Waals surface area contributed by atoms with Gasteiger partial charge in [0.15, 0.2) is 0 Å². The lowest BCUT2D eigenvalue weighted by Crippen LogP contribution is -2.32. The first-order valence-electron chi connectivity index (χ1n) is 6.01. The van der Waals surface area contributed by atoms with Gasteiger partial charge < -0.3 is 15.2 Å². The van der Waals surface area contributed by atoms with E-state index in [4.69, 9.17) is 9.84 Å². The Morgan fingerprint density at radius 2 is 2.11 bits per heavy atom. The summed E-state index contributed by atoms with van der Waals surface area (Å²) in [6.07, 6.45) is 1.68. The number of hydrogen-bond donors (Lipinski definition) is 2. The molecule has 0 aromatic heterocycles. The Kier molecular flexibility index (Phi) is 7.03. The van der Waals surface area contributed by atoms with Crippen molar-refractivity contribution in [2.24, 2.45) is 0 Å². The maximum atomic E-state index is 8.97. The Morgan fingerprint density at radius 3 is 2.72 bits per heavy atom. The predicted octanol–water partition coefficient (Wildman–Crippen LogP) is 1.90. The summed E-state index contributed by atoms with van der Waals surface area (Å²) in [6, 6.07) is 9.93. The molecule has 98 valence electrons. The molecule has 1 aromatic carbocycles. The number of benzene rings is 1. The standard InChI is InChI=1S/C15H21NO2/c1-3-15(10-17)16-9-13(2)11-18-12-14-7-5-4-6-8-14/h3-8,15-17H,1-2,9-12H2/t15-/m1/s1. The van der Waals surface area contributed by atoms with Gasteiger partial charge >= 0.3 is 0 Å². The first-order valence-corrected chi connectivity index (χ1v) is 6.01. The van der Waals surface area contributed by atoms with Crippen LogP contribution < -0.4 is 5.32 Å². The molecule has 0 unspecified atom stereocenters. The molecule has 0 aliphatic carbocycles. The van der Waals surface area contributed by atoms with E-state index >= 15 is 0 Å². The van der Waals surface area contributed by atoms with E-state index < -0.39 is 0 Å². The van der Waals surface area contributed by atoms with Gasteiger partial charge in [0.1, 0.15) is 0 Å². The second-order valence-electron chi connectivity index (χ2n) is 4.13. The Bertz CT molecular complexity index is 362. The largest absolute Gasteiger partial charge is 0.394 e. The summed E-state index contributed by atoms with van der Waals surface area (Å²) < 4.78 is 5.55. The van der Waals surface area contributed by atoms with Crippen LogP contribution in [0.15, 0.2) is 55.1 Å². The van der Waals surface area contributed by atoms with Gasteiger partial charge in [-0.25, -0.2) is 0 Å². The van der Waals surface area contributed by atoms with E-state index in [1.54, 1.807) is 6.08 Å². The molecule has 0 spiro atoms. The van der Waals surface area contributed by atoms with Crippen LogP contribution in [0.2, 0.25) is 0 Å². The fraction of sp³-hybridized carbons (Fsp3) is 0.333. The Balaban J connectivity index is 2.16. The maximum absolute atomic E-state index is 8.97. The molecule has 0 bridgehead atoms. The van der Waals surface area contributed by atoms with Gasteiger partial charge in [-0.05, 0) is 11.1 Å². The number of aliphatic hydroxyl groups excluding tert-OH is 1. The van der Waals surface area contributed by atoms with E-state index in [2.05, 4.69) is 18.5 Å². The average molecular weight is 247 g/mol. The molecule has 1 atom stereocenters. The fourth-order valence-corrected chi connectivity index (χ4v) is 1.44. The van der Waals surface area contributed by atoms with Crippen molar-refractivity contribution in [3.05, 3.63) is 60.7 Å². The van der Waals surface area contributed by atoms with Gasteiger partial charge in [-0.1, -0.05) is 43.0 Å². The minimum atomic E-state index is -0.0872. The monoisotopic (exact) mass is 247 g/mol. The number of hydrogen-bond acceptors (Lipinski definition) is 3. The van der Waals surface area contributed by atoms with Gasteiger partial charge in [0.25, 0.3) is 0 Å². The van der Waals surface area contributed by atoms with E-state index in [9.17, 15) is 0 Å². The van der Waals surface area contributed by atoms with Crippen LogP contribution in [0.3, 0.4) is 0 Å². The molecular formula is C15H21NO2. The molecule has 0 aliphatic heterocycles. The molecule has 0 heterocycles. The Hall–Kier alpha value is -1.42. The van der Waals surface area contributed by atoms with Crippen molar-refractivity contribution in [3.8, 4) is 0 Å². The molecule has 0 saturated heterocycles. The quantitative estimate of drug-likeness (QED) is 0.655. The van der Waals surface area contributed by atoms with Crippen molar-refractivity contribution < 1.29 is 9.84 Å². The van der Waals surface area contributed by atoms with Gasteiger partial charge in [0.05, 0.1) is 19.8 Å². The van der Waals surface area contributed by atoms with Gasteiger partial charge in [-0.15, -0.1) is 6.58 Å². The fourth-order valence-electron chi connectivity index (χ4n) is 1.44. The van der Waals surface area contributed by atoms with Crippen LogP contribution in [0.4, 0.5) is 0 Å². The molecule has 0 radical (unpaired) electrons. The zero-order valence-electron chi connectivity index (χ0n) is 10.6. The van der Waals surface area contributed by atoms with E-state index in [-0.39, 0.29) is 12.6 Å². The molecule has 3 heteroatoms.